The van der Waals surface area contributed by atoms with Crippen LogP contribution in [0.4, 0.5) is 11.6 Å². The van der Waals surface area contributed by atoms with Crippen molar-refractivity contribution in [3.05, 3.63) is 30.4 Å². The molecule has 90 valence electrons. The summed E-state index contributed by atoms with van der Waals surface area (Å²) in [7, 11) is 3.83. The average Bonchev–Trinajstić information content (AvgIpc) is 2.75. The molecule has 0 unspecified atom stereocenters. The van der Waals surface area contributed by atoms with Crippen LogP contribution >= 0.6 is 0 Å². The lowest BCUT2D eigenvalue weighted by Gasteiger charge is -2.17. The lowest BCUT2D eigenvalue weighted by Crippen LogP contribution is -2.19. The molecular formula is C10H15N7. The van der Waals surface area contributed by atoms with E-state index in [-0.39, 0.29) is 0 Å². The van der Waals surface area contributed by atoms with Crippen molar-refractivity contribution in [2.75, 3.05) is 17.4 Å². The Bertz CT molecular complexity index is 493. The maximum atomic E-state index is 5.29. The van der Waals surface area contributed by atoms with Crippen LogP contribution in [-0.4, -0.2) is 26.8 Å². The zero-order valence-corrected chi connectivity index (χ0v) is 9.83. The average molecular weight is 233 g/mol. The second-order valence-electron chi connectivity index (χ2n) is 3.79. The number of rotatable bonds is 4. The summed E-state index contributed by atoms with van der Waals surface area (Å²) in [6, 6.07) is 0. The lowest BCUT2D eigenvalue weighted by molar-refractivity contribution is 0.766. The standard InChI is InChI=1S/C10H15N7/c1-16(6-8-3-13-17(2)7-8)10-5-12-4-9(14-10)15-11/h3-5,7H,6,11H2,1-2H3,(H,14,15). The van der Waals surface area contributed by atoms with Crippen molar-refractivity contribution >= 4 is 11.6 Å². The molecule has 7 heteroatoms. The first kappa shape index (κ1) is 11.3. The molecule has 0 aliphatic carbocycles. The van der Waals surface area contributed by atoms with Crippen LogP contribution in [0, 0.1) is 0 Å². The predicted octanol–water partition coefficient (Wildman–Crippen LogP) is 0.132. The van der Waals surface area contributed by atoms with Gasteiger partial charge in [0.2, 0.25) is 0 Å². The van der Waals surface area contributed by atoms with Crippen LogP contribution in [0.1, 0.15) is 5.56 Å². The molecule has 0 bridgehead atoms. The van der Waals surface area contributed by atoms with Gasteiger partial charge in [0, 0.05) is 32.4 Å². The first-order valence-electron chi connectivity index (χ1n) is 5.16. The molecule has 2 rings (SSSR count). The van der Waals surface area contributed by atoms with E-state index in [0.29, 0.717) is 5.82 Å². The molecule has 17 heavy (non-hydrogen) atoms. The van der Waals surface area contributed by atoms with Gasteiger partial charge >= 0.3 is 0 Å². The fourth-order valence-corrected chi connectivity index (χ4v) is 1.52. The third-order valence-electron chi connectivity index (χ3n) is 2.34. The van der Waals surface area contributed by atoms with Crippen molar-refractivity contribution in [3.8, 4) is 0 Å². The Labute approximate surface area is 99.2 Å². The number of hydrogen-bond acceptors (Lipinski definition) is 6. The molecule has 7 nitrogen and oxygen atoms in total. The van der Waals surface area contributed by atoms with E-state index in [1.165, 1.54) is 0 Å². The first-order valence-corrected chi connectivity index (χ1v) is 5.16. The quantitative estimate of drug-likeness (QED) is 0.577. The fourth-order valence-electron chi connectivity index (χ4n) is 1.52. The van der Waals surface area contributed by atoms with Crippen LogP contribution in [-0.2, 0) is 13.6 Å². The number of nitrogens with zero attached hydrogens (tertiary/aromatic N) is 5. The fraction of sp³-hybridized carbons (Fsp3) is 0.300. The second-order valence-corrected chi connectivity index (χ2v) is 3.79. The SMILES string of the molecule is CN(Cc1cnn(C)c1)c1cncc(NN)n1. The van der Waals surface area contributed by atoms with Crippen molar-refractivity contribution < 1.29 is 0 Å². The van der Waals surface area contributed by atoms with Crippen molar-refractivity contribution in [2.24, 2.45) is 12.9 Å². The smallest absolute Gasteiger partial charge is 0.160 e. The molecule has 2 aromatic rings. The molecule has 2 aromatic heterocycles. The van der Waals surface area contributed by atoms with E-state index in [1.54, 1.807) is 17.1 Å². The van der Waals surface area contributed by atoms with Crippen molar-refractivity contribution in [3.63, 3.8) is 0 Å². The first-order chi connectivity index (χ1) is 8.19. The lowest BCUT2D eigenvalue weighted by atomic mass is 10.3. The summed E-state index contributed by atoms with van der Waals surface area (Å²) in [5.74, 6) is 6.59. The number of nitrogens with one attached hydrogen (secondary N) is 1. The van der Waals surface area contributed by atoms with E-state index >= 15 is 0 Å². The number of hydrazine groups is 1. The van der Waals surface area contributed by atoms with Gasteiger partial charge < -0.3 is 10.3 Å². The molecule has 0 aliphatic heterocycles. The Kier molecular flexibility index (Phi) is 3.20. The minimum Gasteiger partial charge on any atom is -0.354 e. The summed E-state index contributed by atoms with van der Waals surface area (Å²) < 4.78 is 1.77. The summed E-state index contributed by atoms with van der Waals surface area (Å²) >= 11 is 0. The zero-order valence-electron chi connectivity index (χ0n) is 9.83. The monoisotopic (exact) mass is 233 g/mol. The summed E-state index contributed by atoms with van der Waals surface area (Å²) in [4.78, 5) is 10.3. The number of nitrogen functional groups attached to an aromatic ring is 1. The second kappa shape index (κ2) is 4.79. The number of aromatic nitrogens is 4. The van der Waals surface area contributed by atoms with Gasteiger partial charge in [0.25, 0.3) is 0 Å². The molecular weight excluding hydrogens is 218 g/mol. The van der Waals surface area contributed by atoms with Gasteiger partial charge in [0.05, 0.1) is 18.6 Å². The van der Waals surface area contributed by atoms with E-state index in [0.717, 1.165) is 17.9 Å². The van der Waals surface area contributed by atoms with Gasteiger partial charge in [-0.05, 0) is 0 Å². The summed E-state index contributed by atoms with van der Waals surface area (Å²) in [6.07, 6.45) is 7.06. The molecule has 0 aliphatic rings. The highest BCUT2D eigenvalue weighted by atomic mass is 15.3. The summed E-state index contributed by atoms with van der Waals surface area (Å²) in [6.45, 7) is 0.719. The number of aryl methyl sites for hydroxylation is 1. The van der Waals surface area contributed by atoms with Gasteiger partial charge in [-0.3, -0.25) is 9.67 Å². The van der Waals surface area contributed by atoms with Crippen LogP contribution < -0.4 is 16.2 Å². The van der Waals surface area contributed by atoms with Gasteiger partial charge in [-0.25, -0.2) is 10.8 Å². The Morgan fingerprint density at radius 3 is 2.88 bits per heavy atom. The van der Waals surface area contributed by atoms with Gasteiger partial charge in [0.15, 0.2) is 5.82 Å². The van der Waals surface area contributed by atoms with Crippen molar-refractivity contribution in [2.45, 2.75) is 6.54 Å². The van der Waals surface area contributed by atoms with E-state index in [1.807, 2.05) is 31.4 Å². The number of nitrogens with two attached hydrogens (primary N) is 1. The van der Waals surface area contributed by atoms with Crippen LogP contribution in [0.3, 0.4) is 0 Å². The predicted molar refractivity (Wildman–Crippen MR) is 65.2 cm³/mol. The van der Waals surface area contributed by atoms with Crippen LogP contribution in [0.25, 0.3) is 0 Å². The maximum absolute atomic E-state index is 5.29. The summed E-state index contributed by atoms with van der Waals surface area (Å²) in [5, 5.41) is 4.12. The molecule has 0 saturated carbocycles. The molecule has 2 heterocycles. The third-order valence-corrected chi connectivity index (χ3v) is 2.34. The van der Waals surface area contributed by atoms with Gasteiger partial charge in [0.1, 0.15) is 5.82 Å². The normalized spacial score (nSPS) is 10.3. The van der Waals surface area contributed by atoms with E-state index in [9.17, 15) is 0 Å². The molecule has 0 aromatic carbocycles. The van der Waals surface area contributed by atoms with E-state index < -0.39 is 0 Å². The molecule has 0 spiro atoms. The number of anilines is 2. The Hall–Kier alpha value is -2.15. The largest absolute Gasteiger partial charge is 0.354 e. The van der Waals surface area contributed by atoms with Crippen molar-refractivity contribution in [1.29, 1.82) is 0 Å². The highest BCUT2D eigenvalue weighted by Crippen LogP contribution is 2.12. The minimum absolute atomic E-state index is 0.542. The van der Waals surface area contributed by atoms with Crippen molar-refractivity contribution in [1.82, 2.24) is 19.7 Å². The van der Waals surface area contributed by atoms with Crippen LogP contribution in [0.5, 0.6) is 0 Å². The molecule has 0 saturated heterocycles. The maximum Gasteiger partial charge on any atom is 0.160 e. The Morgan fingerprint density at radius 1 is 1.41 bits per heavy atom. The molecule has 0 amide bonds. The van der Waals surface area contributed by atoms with Crippen LogP contribution in [0.2, 0.25) is 0 Å². The highest BCUT2D eigenvalue weighted by molar-refractivity contribution is 5.42. The Morgan fingerprint density at radius 2 is 2.24 bits per heavy atom. The zero-order chi connectivity index (χ0) is 12.3. The summed E-state index contributed by atoms with van der Waals surface area (Å²) in [5.41, 5.74) is 3.59. The molecule has 3 N–H and O–H groups in total. The molecule has 0 atom stereocenters. The van der Waals surface area contributed by atoms with Gasteiger partial charge in [-0.15, -0.1) is 0 Å². The van der Waals surface area contributed by atoms with E-state index in [2.05, 4.69) is 20.5 Å². The molecule has 0 fully saturated rings. The third kappa shape index (κ3) is 2.70. The minimum atomic E-state index is 0.542. The van der Waals surface area contributed by atoms with Gasteiger partial charge in [-0.1, -0.05) is 0 Å². The van der Waals surface area contributed by atoms with E-state index in [4.69, 9.17) is 5.84 Å². The molecule has 0 radical (unpaired) electrons. The Balaban J connectivity index is 2.11. The number of hydrogen-bond donors (Lipinski definition) is 2. The van der Waals surface area contributed by atoms with Crippen LogP contribution in [0.15, 0.2) is 24.8 Å². The van der Waals surface area contributed by atoms with Gasteiger partial charge in [-0.2, -0.15) is 5.10 Å². The highest BCUT2D eigenvalue weighted by Gasteiger charge is 2.06. The topological polar surface area (TPSA) is 84.9 Å².